The highest BCUT2D eigenvalue weighted by Gasteiger charge is 2.13. The highest BCUT2D eigenvalue weighted by atomic mass is 16.5. The average Bonchev–Trinajstić information content (AvgIpc) is 2.35. The van der Waals surface area contributed by atoms with E-state index in [1.54, 1.807) is 0 Å². The number of amides is 1. The second kappa shape index (κ2) is 7.45. The van der Waals surface area contributed by atoms with Crippen LogP contribution < -0.4 is 5.32 Å². The van der Waals surface area contributed by atoms with Crippen LogP contribution in [0.2, 0.25) is 0 Å². The van der Waals surface area contributed by atoms with E-state index in [-0.39, 0.29) is 18.9 Å². The van der Waals surface area contributed by atoms with Gasteiger partial charge in [-0.2, -0.15) is 0 Å². The molecule has 0 aromatic heterocycles. The second-order valence-corrected chi connectivity index (χ2v) is 3.92. The molecule has 5 nitrogen and oxygen atoms in total. The van der Waals surface area contributed by atoms with Crippen LogP contribution in [0, 0.1) is 0 Å². The molecule has 5 heteroatoms. The minimum atomic E-state index is -1.05. The van der Waals surface area contributed by atoms with Gasteiger partial charge in [0.1, 0.15) is 6.04 Å². The van der Waals surface area contributed by atoms with Crippen LogP contribution in [-0.2, 0) is 20.9 Å². The van der Waals surface area contributed by atoms with Gasteiger partial charge in [-0.05, 0) is 12.5 Å². The third-order valence-electron chi connectivity index (χ3n) is 2.33. The summed E-state index contributed by atoms with van der Waals surface area (Å²) in [5.74, 6) is -1.37. The first kappa shape index (κ1) is 14.2. The van der Waals surface area contributed by atoms with Crippen molar-refractivity contribution in [3.63, 3.8) is 0 Å². The third kappa shape index (κ3) is 5.45. The van der Waals surface area contributed by atoms with Crippen molar-refractivity contribution in [1.82, 2.24) is 5.32 Å². The number of ether oxygens (including phenoxy) is 1. The fraction of sp³-hybridized carbons (Fsp3) is 0.385. The van der Waals surface area contributed by atoms with E-state index >= 15 is 0 Å². The first-order valence-corrected chi connectivity index (χ1v) is 5.73. The van der Waals surface area contributed by atoms with Crippen LogP contribution in [0.1, 0.15) is 18.9 Å². The number of hydrogen-bond donors (Lipinski definition) is 2. The molecule has 0 saturated carbocycles. The molecular weight excluding hydrogens is 234 g/mol. The van der Waals surface area contributed by atoms with E-state index in [0.29, 0.717) is 6.61 Å². The molecule has 0 heterocycles. The van der Waals surface area contributed by atoms with Crippen molar-refractivity contribution >= 4 is 11.9 Å². The van der Waals surface area contributed by atoms with E-state index in [0.717, 1.165) is 5.56 Å². The second-order valence-electron chi connectivity index (χ2n) is 3.92. The Morgan fingerprint density at radius 3 is 2.61 bits per heavy atom. The van der Waals surface area contributed by atoms with E-state index in [2.05, 4.69) is 5.32 Å². The highest BCUT2D eigenvalue weighted by molar-refractivity contribution is 5.83. The summed E-state index contributed by atoms with van der Waals surface area (Å²) in [5, 5.41) is 11.0. The number of carbonyl (C=O) groups is 2. The largest absolute Gasteiger partial charge is 0.480 e. The van der Waals surface area contributed by atoms with Crippen molar-refractivity contribution < 1.29 is 19.4 Å². The highest BCUT2D eigenvalue weighted by Crippen LogP contribution is 2.00. The fourth-order valence-corrected chi connectivity index (χ4v) is 1.30. The molecule has 18 heavy (non-hydrogen) atoms. The van der Waals surface area contributed by atoms with Crippen molar-refractivity contribution in [2.75, 3.05) is 6.61 Å². The van der Waals surface area contributed by atoms with Crippen LogP contribution in [-0.4, -0.2) is 29.6 Å². The van der Waals surface area contributed by atoms with Crippen LogP contribution in [0.4, 0.5) is 0 Å². The number of carboxylic acids is 1. The van der Waals surface area contributed by atoms with Gasteiger partial charge < -0.3 is 15.2 Å². The van der Waals surface area contributed by atoms with Crippen molar-refractivity contribution in [2.24, 2.45) is 0 Å². The SMILES string of the molecule is C[C@@H](NC(=O)CCOCc1ccccc1)C(=O)O. The summed E-state index contributed by atoms with van der Waals surface area (Å²) in [5.41, 5.74) is 1.04. The molecule has 1 amide bonds. The zero-order valence-electron chi connectivity index (χ0n) is 10.3. The number of rotatable bonds is 7. The molecule has 0 aliphatic heterocycles. The minimum Gasteiger partial charge on any atom is -0.480 e. The van der Waals surface area contributed by atoms with Crippen LogP contribution in [0.3, 0.4) is 0 Å². The molecule has 0 aliphatic rings. The number of hydrogen-bond acceptors (Lipinski definition) is 3. The summed E-state index contributed by atoms with van der Waals surface area (Å²) in [6.45, 7) is 2.14. The topological polar surface area (TPSA) is 75.6 Å². The molecule has 98 valence electrons. The molecule has 2 N–H and O–H groups in total. The molecule has 0 unspecified atom stereocenters. The molecule has 1 aromatic rings. The van der Waals surface area contributed by atoms with Gasteiger partial charge in [0.2, 0.25) is 5.91 Å². The van der Waals surface area contributed by atoms with Gasteiger partial charge >= 0.3 is 5.97 Å². The maximum absolute atomic E-state index is 11.3. The summed E-state index contributed by atoms with van der Waals surface area (Å²) in [6, 6.07) is 8.76. The average molecular weight is 251 g/mol. The van der Waals surface area contributed by atoms with Gasteiger partial charge in [0.25, 0.3) is 0 Å². The smallest absolute Gasteiger partial charge is 0.325 e. The summed E-state index contributed by atoms with van der Waals surface area (Å²) in [4.78, 5) is 21.8. The van der Waals surface area contributed by atoms with Gasteiger partial charge in [-0.1, -0.05) is 30.3 Å². The van der Waals surface area contributed by atoms with Crippen molar-refractivity contribution in [1.29, 1.82) is 0 Å². The monoisotopic (exact) mass is 251 g/mol. The Bertz CT molecular complexity index is 391. The lowest BCUT2D eigenvalue weighted by Gasteiger charge is -2.09. The van der Waals surface area contributed by atoms with Crippen molar-refractivity contribution in [3.05, 3.63) is 35.9 Å². The number of nitrogens with one attached hydrogen (secondary N) is 1. The predicted molar refractivity (Wildman–Crippen MR) is 66.0 cm³/mol. The van der Waals surface area contributed by atoms with Gasteiger partial charge in [-0.3, -0.25) is 9.59 Å². The minimum absolute atomic E-state index is 0.157. The molecule has 0 aliphatic carbocycles. The number of benzene rings is 1. The quantitative estimate of drug-likeness (QED) is 0.713. The van der Waals surface area contributed by atoms with Crippen LogP contribution in [0.5, 0.6) is 0 Å². The molecule has 1 aromatic carbocycles. The number of carboxylic acid groups (broad SMARTS) is 1. The molecule has 0 bridgehead atoms. The Morgan fingerprint density at radius 1 is 1.33 bits per heavy atom. The summed E-state index contributed by atoms with van der Waals surface area (Å²) >= 11 is 0. The van der Waals surface area contributed by atoms with E-state index in [1.807, 2.05) is 30.3 Å². The van der Waals surface area contributed by atoms with Crippen LogP contribution >= 0.6 is 0 Å². The fourth-order valence-electron chi connectivity index (χ4n) is 1.30. The lowest BCUT2D eigenvalue weighted by atomic mass is 10.2. The standard InChI is InChI=1S/C13H17NO4/c1-10(13(16)17)14-12(15)7-8-18-9-11-5-3-2-4-6-11/h2-6,10H,7-9H2,1H3,(H,14,15)(H,16,17)/t10-/m1/s1. The Kier molecular flexibility index (Phi) is 5.87. The zero-order valence-corrected chi connectivity index (χ0v) is 10.3. The van der Waals surface area contributed by atoms with Gasteiger partial charge in [0.15, 0.2) is 0 Å². The molecule has 0 fully saturated rings. The number of carbonyl (C=O) groups excluding carboxylic acids is 1. The normalized spacial score (nSPS) is 11.8. The first-order chi connectivity index (χ1) is 8.59. The van der Waals surface area contributed by atoms with E-state index in [4.69, 9.17) is 9.84 Å². The summed E-state index contributed by atoms with van der Waals surface area (Å²) < 4.78 is 5.32. The Hall–Kier alpha value is -1.88. The van der Waals surface area contributed by atoms with Gasteiger partial charge in [-0.25, -0.2) is 0 Å². The molecule has 1 atom stereocenters. The van der Waals surface area contributed by atoms with Gasteiger partial charge in [0.05, 0.1) is 13.2 Å². The van der Waals surface area contributed by atoms with E-state index in [1.165, 1.54) is 6.92 Å². The molecule has 0 spiro atoms. The van der Waals surface area contributed by atoms with Crippen molar-refractivity contribution in [2.45, 2.75) is 26.0 Å². The summed E-state index contributed by atoms with van der Waals surface area (Å²) in [6.07, 6.45) is 0.157. The van der Waals surface area contributed by atoms with E-state index < -0.39 is 12.0 Å². The molecular formula is C13H17NO4. The Labute approximate surface area is 106 Å². The van der Waals surface area contributed by atoms with Gasteiger partial charge in [-0.15, -0.1) is 0 Å². The lowest BCUT2D eigenvalue weighted by Crippen LogP contribution is -2.38. The molecule has 0 saturated heterocycles. The van der Waals surface area contributed by atoms with E-state index in [9.17, 15) is 9.59 Å². The van der Waals surface area contributed by atoms with Crippen molar-refractivity contribution in [3.8, 4) is 0 Å². The number of aliphatic carboxylic acids is 1. The van der Waals surface area contributed by atoms with Gasteiger partial charge in [0, 0.05) is 6.42 Å². The van der Waals surface area contributed by atoms with Crippen LogP contribution in [0.25, 0.3) is 0 Å². The Morgan fingerprint density at radius 2 is 2.00 bits per heavy atom. The maximum Gasteiger partial charge on any atom is 0.325 e. The molecule has 0 radical (unpaired) electrons. The zero-order chi connectivity index (χ0) is 13.4. The van der Waals surface area contributed by atoms with Crippen LogP contribution in [0.15, 0.2) is 30.3 Å². The maximum atomic E-state index is 11.3. The first-order valence-electron chi connectivity index (χ1n) is 5.73. The third-order valence-corrected chi connectivity index (χ3v) is 2.33. The predicted octanol–water partition coefficient (Wildman–Crippen LogP) is 1.18. The summed E-state index contributed by atoms with van der Waals surface area (Å²) in [7, 11) is 0. The molecule has 1 rings (SSSR count). The Balaban J connectivity index is 2.14. The lowest BCUT2D eigenvalue weighted by molar-refractivity contribution is -0.141.